The van der Waals surface area contributed by atoms with Gasteiger partial charge in [-0.2, -0.15) is 8.42 Å². The number of allylic oxidation sites excluding steroid dienone is 5. The molecule has 0 saturated heterocycles. The van der Waals surface area contributed by atoms with Crippen LogP contribution in [0.3, 0.4) is 0 Å². The fraction of sp³-hybridized carbons (Fsp3) is 0.447. The van der Waals surface area contributed by atoms with E-state index in [1.807, 2.05) is 26.0 Å². The van der Waals surface area contributed by atoms with Crippen LogP contribution >= 0.6 is 0 Å². The molecule has 0 radical (unpaired) electrons. The second-order valence-corrected chi connectivity index (χ2v) is 15.5. The lowest BCUT2D eigenvalue weighted by atomic mass is 9.77. The molecule has 2 aliphatic heterocycles. The van der Waals surface area contributed by atoms with Crippen LogP contribution in [0.1, 0.15) is 90.2 Å². The maximum atomic E-state index is 13.6. The first-order chi connectivity index (χ1) is 23.2. The molecule has 1 amide bonds. The molecule has 0 atom stereocenters. The highest BCUT2D eigenvalue weighted by atomic mass is 32.2. The van der Waals surface area contributed by atoms with Gasteiger partial charge in [-0.3, -0.25) is 19.1 Å². The molecule has 0 saturated carbocycles. The fourth-order valence-electron chi connectivity index (χ4n) is 6.89. The summed E-state index contributed by atoms with van der Waals surface area (Å²) >= 11 is 0. The summed E-state index contributed by atoms with van der Waals surface area (Å²) in [5.41, 5.74) is 9.49. The molecule has 1 aliphatic carbocycles. The summed E-state index contributed by atoms with van der Waals surface area (Å²) in [7, 11) is -4.40. The smallest absolute Gasteiger partial charge is 0.294 e. The molecule has 3 aliphatic rings. The lowest BCUT2D eigenvalue weighted by Gasteiger charge is -2.29. The Kier molecular flexibility index (Phi) is 10.7. The van der Waals surface area contributed by atoms with Crippen LogP contribution in [0.5, 0.6) is 0 Å². The van der Waals surface area contributed by atoms with Gasteiger partial charge in [-0.15, -0.1) is 0 Å². The predicted octanol–water partition coefficient (Wildman–Crippen LogP) is 6.50. The molecule has 0 bridgehead atoms. The summed E-state index contributed by atoms with van der Waals surface area (Å²) in [5.74, 6) is -0.321. The number of anilines is 1. The molecular formula is C38H48N4O6S. The number of nitrogens with two attached hydrogens (primary N) is 1. The Labute approximate surface area is 289 Å². The number of ketones is 1. The Hall–Kier alpha value is -4.06. The van der Waals surface area contributed by atoms with E-state index in [2.05, 4.69) is 41.2 Å². The van der Waals surface area contributed by atoms with Crippen molar-refractivity contribution >= 4 is 38.9 Å². The van der Waals surface area contributed by atoms with E-state index < -0.39 is 20.9 Å². The second-order valence-electron chi connectivity index (χ2n) is 14.1. The molecule has 0 unspecified atom stereocenters. The maximum absolute atomic E-state index is 13.6. The lowest BCUT2D eigenvalue weighted by Crippen LogP contribution is -2.31. The molecule has 2 aromatic carbocycles. The zero-order valence-corrected chi connectivity index (χ0v) is 29.7. The number of fused-ring (bicyclic) bond motifs is 2. The second kappa shape index (κ2) is 14.4. The monoisotopic (exact) mass is 688 g/mol. The highest BCUT2D eigenvalue weighted by molar-refractivity contribution is 7.85. The normalized spacial score (nSPS) is 19.3. The van der Waals surface area contributed by atoms with E-state index in [1.165, 1.54) is 18.2 Å². The van der Waals surface area contributed by atoms with E-state index in [4.69, 9.17) is 5.73 Å². The SMILES string of the molecule is CC1(C)C(C=C2C(=O)C(C=C3N(CCCCCC(=O)NCCCCCCN)c4ccccc4C3(C)C)=C2O)=Nc2ccc(S(=O)(=O)O)cc21. The third-order valence-corrected chi connectivity index (χ3v) is 10.8. The quantitative estimate of drug-likeness (QED) is 0.0937. The first-order valence-corrected chi connectivity index (χ1v) is 18.6. The molecule has 11 heteroatoms. The number of benzene rings is 2. The Morgan fingerprint density at radius 3 is 2.37 bits per heavy atom. The van der Waals surface area contributed by atoms with Gasteiger partial charge >= 0.3 is 0 Å². The summed E-state index contributed by atoms with van der Waals surface area (Å²) in [4.78, 5) is 32.5. The van der Waals surface area contributed by atoms with Crippen LogP contribution < -0.4 is 16.0 Å². The van der Waals surface area contributed by atoms with Crippen molar-refractivity contribution in [1.82, 2.24) is 5.32 Å². The van der Waals surface area contributed by atoms with Crippen LogP contribution in [0, 0.1) is 0 Å². The predicted molar refractivity (Wildman–Crippen MR) is 193 cm³/mol. The van der Waals surface area contributed by atoms with Gasteiger partial charge in [-0.25, -0.2) is 0 Å². The zero-order chi connectivity index (χ0) is 35.6. The molecule has 49 heavy (non-hydrogen) atoms. The molecule has 0 aromatic heterocycles. The van der Waals surface area contributed by atoms with Crippen molar-refractivity contribution in [2.24, 2.45) is 10.7 Å². The van der Waals surface area contributed by atoms with E-state index in [0.717, 1.165) is 61.9 Å². The minimum atomic E-state index is -4.40. The number of hydrogen-bond acceptors (Lipinski definition) is 8. The first kappa shape index (κ1) is 36.2. The Morgan fingerprint density at radius 1 is 0.939 bits per heavy atom. The minimum Gasteiger partial charge on any atom is -0.506 e. The molecule has 2 aromatic rings. The largest absolute Gasteiger partial charge is 0.506 e. The van der Waals surface area contributed by atoms with Gasteiger partial charge in [0, 0.05) is 41.7 Å². The van der Waals surface area contributed by atoms with Crippen molar-refractivity contribution < 1.29 is 27.7 Å². The minimum absolute atomic E-state index is 0.0838. The van der Waals surface area contributed by atoms with E-state index in [9.17, 15) is 27.7 Å². The van der Waals surface area contributed by atoms with Crippen molar-refractivity contribution in [2.45, 2.75) is 94.8 Å². The van der Waals surface area contributed by atoms with Gasteiger partial charge in [0.25, 0.3) is 10.1 Å². The molecule has 5 N–H and O–H groups in total. The van der Waals surface area contributed by atoms with Crippen LogP contribution in [-0.2, 0) is 30.5 Å². The number of nitrogens with zero attached hydrogens (tertiary/aromatic N) is 2. The molecule has 0 spiro atoms. The van der Waals surface area contributed by atoms with Gasteiger partial charge in [0.2, 0.25) is 11.7 Å². The molecule has 2 heterocycles. The summed E-state index contributed by atoms with van der Waals surface area (Å²) in [6.45, 7) is 10.0. The van der Waals surface area contributed by atoms with Crippen LogP contribution in [0.25, 0.3) is 0 Å². The van der Waals surface area contributed by atoms with Crippen LogP contribution in [0.15, 0.2) is 87.1 Å². The summed E-state index contributed by atoms with van der Waals surface area (Å²) in [5, 5.41) is 14.2. The van der Waals surface area contributed by atoms with E-state index in [-0.39, 0.29) is 33.5 Å². The Balaban J connectivity index is 1.28. The van der Waals surface area contributed by atoms with Crippen LogP contribution in [0.4, 0.5) is 11.4 Å². The van der Waals surface area contributed by atoms with E-state index in [1.54, 1.807) is 12.2 Å². The number of nitrogens with one attached hydrogen (secondary N) is 1. The van der Waals surface area contributed by atoms with Crippen molar-refractivity contribution in [3.05, 3.63) is 88.3 Å². The number of para-hydroxylation sites is 1. The Morgan fingerprint density at radius 2 is 1.65 bits per heavy atom. The van der Waals surface area contributed by atoms with Crippen molar-refractivity contribution in [3.63, 3.8) is 0 Å². The number of aliphatic hydroxyl groups excluding tert-OH is 1. The number of rotatable bonds is 15. The standard InChI is InChI=1S/C38H48N4O6S/c1-37(2)29-22-25(49(46,47)48)17-18-30(29)41-32(37)23-26-35(44)27(36(26)45)24-33-38(3,4)28-14-9-10-15-31(28)42(33)21-13-7-8-16-34(43)40-20-12-6-5-11-19-39/h9-10,14-15,17-18,22-24,44H,5-8,11-13,16,19-21,39H2,1-4H3,(H,40,43)(H,46,47,48). The topological polar surface area (TPSA) is 162 Å². The molecule has 10 nitrogen and oxygen atoms in total. The van der Waals surface area contributed by atoms with Gasteiger partial charge < -0.3 is 21.1 Å². The molecule has 0 fully saturated rings. The number of carbonyl (C=O) groups excluding carboxylic acids is 2. The summed E-state index contributed by atoms with van der Waals surface area (Å²) in [6, 6.07) is 12.4. The third kappa shape index (κ3) is 7.44. The third-order valence-electron chi connectivity index (χ3n) is 9.92. The van der Waals surface area contributed by atoms with Crippen LogP contribution in [-0.4, -0.2) is 55.1 Å². The zero-order valence-electron chi connectivity index (χ0n) is 28.9. The van der Waals surface area contributed by atoms with Crippen molar-refractivity contribution in [2.75, 3.05) is 24.5 Å². The van der Waals surface area contributed by atoms with Gasteiger partial charge in [0.05, 0.1) is 27.4 Å². The van der Waals surface area contributed by atoms with E-state index in [0.29, 0.717) is 43.0 Å². The van der Waals surface area contributed by atoms with Crippen molar-refractivity contribution in [3.8, 4) is 0 Å². The van der Waals surface area contributed by atoms with Gasteiger partial charge in [-0.1, -0.05) is 65.2 Å². The molecular weight excluding hydrogens is 641 g/mol. The highest BCUT2D eigenvalue weighted by Gasteiger charge is 2.43. The fourth-order valence-corrected chi connectivity index (χ4v) is 7.40. The number of carbonyl (C=O) groups is 2. The average molecular weight is 689 g/mol. The van der Waals surface area contributed by atoms with Gasteiger partial charge in [-0.05, 0) is 79.8 Å². The van der Waals surface area contributed by atoms with Gasteiger partial charge in [0.15, 0.2) is 0 Å². The first-order valence-electron chi connectivity index (χ1n) is 17.1. The lowest BCUT2D eigenvalue weighted by molar-refractivity contribution is -0.121. The summed E-state index contributed by atoms with van der Waals surface area (Å²) in [6.07, 6.45) is 10.5. The van der Waals surface area contributed by atoms with E-state index >= 15 is 0 Å². The number of aliphatic imine (C=N–C) groups is 1. The number of unbranched alkanes of at least 4 members (excludes halogenated alkanes) is 5. The maximum Gasteiger partial charge on any atom is 0.294 e. The van der Waals surface area contributed by atoms with Crippen molar-refractivity contribution in [1.29, 1.82) is 0 Å². The molecule has 262 valence electrons. The number of Topliss-reactive ketones (excluding diaryl/α,β-unsaturated/α-hetero) is 1. The van der Waals surface area contributed by atoms with Crippen LogP contribution in [0.2, 0.25) is 0 Å². The van der Waals surface area contributed by atoms with Gasteiger partial charge in [0.1, 0.15) is 5.76 Å². The summed E-state index contributed by atoms with van der Waals surface area (Å²) < 4.78 is 33.0. The highest BCUT2D eigenvalue weighted by Crippen LogP contribution is 2.49. The molecule has 5 rings (SSSR count). The Bertz CT molecular complexity index is 1870. The number of aliphatic hydroxyl groups is 1. The number of amides is 1. The number of hydrogen-bond donors (Lipinski definition) is 4. The average Bonchev–Trinajstić information content (AvgIpc) is 3.43.